The Hall–Kier alpha value is -1.68. The van der Waals surface area contributed by atoms with Gasteiger partial charge in [0.05, 0.1) is 11.9 Å². The van der Waals surface area contributed by atoms with Crippen molar-refractivity contribution >= 4 is 0 Å². The molecule has 0 aromatic carbocycles. The number of hydrogen-bond acceptors (Lipinski definition) is 3. The number of H-pyrrole nitrogens is 1. The van der Waals surface area contributed by atoms with E-state index in [-0.39, 0.29) is 5.41 Å². The van der Waals surface area contributed by atoms with Crippen LogP contribution in [-0.2, 0) is 5.41 Å². The monoisotopic (exact) mass is 244 g/mol. The second kappa shape index (κ2) is 5.31. The first-order valence-corrected chi connectivity index (χ1v) is 6.29. The Morgan fingerprint density at radius 2 is 2.17 bits per heavy atom. The lowest BCUT2D eigenvalue weighted by Gasteiger charge is -2.21. The van der Waals surface area contributed by atoms with E-state index in [1.54, 1.807) is 6.20 Å². The minimum Gasteiger partial charge on any atom is -0.342 e. The Morgan fingerprint density at radius 3 is 2.83 bits per heavy atom. The van der Waals surface area contributed by atoms with Crippen molar-refractivity contribution in [3.63, 3.8) is 0 Å². The van der Waals surface area contributed by atoms with Crippen LogP contribution < -0.4 is 5.73 Å². The van der Waals surface area contributed by atoms with Crippen molar-refractivity contribution in [1.29, 1.82) is 0 Å². The molecule has 0 amide bonds. The summed E-state index contributed by atoms with van der Waals surface area (Å²) in [4.78, 5) is 12.0. The molecule has 0 aliphatic carbocycles. The molecule has 4 heteroatoms. The summed E-state index contributed by atoms with van der Waals surface area (Å²) in [6, 6.07) is 3.95. The zero-order valence-electron chi connectivity index (χ0n) is 11.0. The number of pyridine rings is 1. The third kappa shape index (κ3) is 2.76. The fourth-order valence-corrected chi connectivity index (χ4v) is 2.00. The molecule has 0 atom stereocenters. The summed E-state index contributed by atoms with van der Waals surface area (Å²) in [6.45, 7) is 5.10. The van der Waals surface area contributed by atoms with Gasteiger partial charge in [-0.1, -0.05) is 13.8 Å². The van der Waals surface area contributed by atoms with E-state index in [2.05, 4.69) is 28.8 Å². The topological polar surface area (TPSA) is 67.6 Å². The third-order valence-electron chi connectivity index (χ3n) is 3.20. The third-order valence-corrected chi connectivity index (χ3v) is 3.20. The quantitative estimate of drug-likeness (QED) is 0.849. The van der Waals surface area contributed by atoms with Crippen LogP contribution in [0.2, 0.25) is 0 Å². The molecule has 0 saturated heterocycles. The van der Waals surface area contributed by atoms with Gasteiger partial charge in [-0.3, -0.25) is 4.98 Å². The van der Waals surface area contributed by atoms with Crippen LogP contribution in [0.4, 0.5) is 0 Å². The molecule has 3 N–H and O–H groups in total. The average Bonchev–Trinajstić information content (AvgIpc) is 2.88. The van der Waals surface area contributed by atoms with Gasteiger partial charge in [-0.25, -0.2) is 4.98 Å². The first-order valence-electron chi connectivity index (χ1n) is 6.29. The van der Waals surface area contributed by atoms with E-state index in [0.29, 0.717) is 0 Å². The van der Waals surface area contributed by atoms with Crippen LogP contribution in [0.1, 0.15) is 32.5 Å². The first kappa shape index (κ1) is 12.8. The van der Waals surface area contributed by atoms with Gasteiger partial charge >= 0.3 is 0 Å². The van der Waals surface area contributed by atoms with E-state index < -0.39 is 0 Å². The number of imidazole rings is 1. The van der Waals surface area contributed by atoms with Crippen LogP contribution in [0.15, 0.2) is 30.7 Å². The van der Waals surface area contributed by atoms with E-state index in [9.17, 15) is 0 Å². The largest absolute Gasteiger partial charge is 0.342 e. The van der Waals surface area contributed by atoms with Crippen LogP contribution in [0.25, 0.3) is 11.3 Å². The fourth-order valence-electron chi connectivity index (χ4n) is 2.00. The molecule has 4 nitrogen and oxygen atoms in total. The minimum atomic E-state index is 0.0276. The predicted molar refractivity (Wildman–Crippen MR) is 73.1 cm³/mol. The molecule has 18 heavy (non-hydrogen) atoms. The summed E-state index contributed by atoms with van der Waals surface area (Å²) >= 11 is 0. The van der Waals surface area contributed by atoms with Crippen molar-refractivity contribution in [2.45, 2.75) is 32.1 Å². The number of aromatic nitrogens is 3. The first-order chi connectivity index (χ1) is 8.63. The van der Waals surface area contributed by atoms with Gasteiger partial charge in [0.2, 0.25) is 0 Å². The number of rotatable bonds is 5. The van der Waals surface area contributed by atoms with E-state index in [0.717, 1.165) is 36.5 Å². The summed E-state index contributed by atoms with van der Waals surface area (Å²) in [7, 11) is 0. The number of nitrogens with two attached hydrogens (primary N) is 1. The lowest BCUT2D eigenvalue weighted by atomic mass is 9.87. The molecular weight excluding hydrogens is 224 g/mol. The highest BCUT2D eigenvalue weighted by atomic mass is 14.9. The maximum atomic E-state index is 5.57. The zero-order chi connectivity index (χ0) is 13.0. The van der Waals surface area contributed by atoms with Gasteiger partial charge in [0.1, 0.15) is 5.82 Å². The molecule has 0 aliphatic heterocycles. The number of nitrogens with zero attached hydrogens (tertiary/aromatic N) is 2. The number of hydrogen-bond donors (Lipinski definition) is 2. The molecule has 2 heterocycles. The average molecular weight is 244 g/mol. The van der Waals surface area contributed by atoms with Crippen LogP contribution in [0.3, 0.4) is 0 Å². The van der Waals surface area contributed by atoms with E-state index in [1.807, 2.05) is 24.5 Å². The Balaban J connectivity index is 2.20. The van der Waals surface area contributed by atoms with Gasteiger partial charge in [-0.2, -0.15) is 0 Å². The molecule has 2 aromatic rings. The normalized spacial score (nSPS) is 11.7. The molecule has 0 unspecified atom stereocenters. The molecule has 96 valence electrons. The van der Waals surface area contributed by atoms with Gasteiger partial charge in [-0.15, -0.1) is 0 Å². The number of nitrogens with one attached hydrogen (secondary N) is 1. The molecule has 0 saturated carbocycles. The van der Waals surface area contributed by atoms with Crippen LogP contribution >= 0.6 is 0 Å². The maximum Gasteiger partial charge on any atom is 0.112 e. The summed E-state index contributed by atoms with van der Waals surface area (Å²) in [5.41, 5.74) is 7.67. The highest BCUT2D eigenvalue weighted by Crippen LogP contribution is 2.27. The SMILES string of the molecule is CC(C)(CCCN)c1ncc(-c2cccnc2)[nH]1. The van der Waals surface area contributed by atoms with Gasteiger partial charge < -0.3 is 10.7 Å². The maximum absolute atomic E-state index is 5.57. The molecule has 0 fully saturated rings. The predicted octanol–water partition coefficient (Wildman–Crippen LogP) is 2.49. The summed E-state index contributed by atoms with van der Waals surface area (Å²) in [6.07, 6.45) is 7.52. The molecule has 2 rings (SSSR count). The lowest BCUT2D eigenvalue weighted by Crippen LogP contribution is -2.20. The highest BCUT2D eigenvalue weighted by Gasteiger charge is 2.23. The van der Waals surface area contributed by atoms with Crippen LogP contribution in [-0.4, -0.2) is 21.5 Å². The summed E-state index contributed by atoms with van der Waals surface area (Å²) in [5.74, 6) is 1.01. The zero-order valence-corrected chi connectivity index (χ0v) is 11.0. The molecule has 0 bridgehead atoms. The lowest BCUT2D eigenvalue weighted by molar-refractivity contribution is 0.442. The van der Waals surface area contributed by atoms with Crippen molar-refractivity contribution in [1.82, 2.24) is 15.0 Å². The Labute approximate surface area is 108 Å². The standard InChI is InChI=1S/C14H20N4/c1-14(2,6-4-7-15)13-17-10-12(18-13)11-5-3-8-16-9-11/h3,5,8-10H,4,6-7,15H2,1-2H3,(H,17,18). The second-order valence-electron chi connectivity index (χ2n) is 5.16. The molecule has 0 spiro atoms. The summed E-state index contributed by atoms with van der Waals surface area (Å²) in [5, 5.41) is 0. The number of aromatic amines is 1. The van der Waals surface area contributed by atoms with Crippen molar-refractivity contribution in [3.05, 3.63) is 36.5 Å². The molecule has 0 aliphatic rings. The van der Waals surface area contributed by atoms with E-state index in [1.165, 1.54) is 0 Å². The minimum absolute atomic E-state index is 0.0276. The highest BCUT2D eigenvalue weighted by molar-refractivity contribution is 5.56. The van der Waals surface area contributed by atoms with Gasteiger partial charge in [-0.05, 0) is 31.5 Å². The van der Waals surface area contributed by atoms with Gasteiger partial charge in [0.25, 0.3) is 0 Å². The van der Waals surface area contributed by atoms with Crippen molar-refractivity contribution in [3.8, 4) is 11.3 Å². The van der Waals surface area contributed by atoms with Crippen molar-refractivity contribution in [2.24, 2.45) is 5.73 Å². The molecule has 0 radical (unpaired) electrons. The Kier molecular flexibility index (Phi) is 3.77. The van der Waals surface area contributed by atoms with E-state index >= 15 is 0 Å². The molecule has 2 aromatic heterocycles. The summed E-state index contributed by atoms with van der Waals surface area (Å²) < 4.78 is 0. The second-order valence-corrected chi connectivity index (χ2v) is 5.16. The van der Waals surface area contributed by atoms with Crippen molar-refractivity contribution < 1.29 is 0 Å². The Bertz CT molecular complexity index is 488. The van der Waals surface area contributed by atoms with Crippen LogP contribution in [0, 0.1) is 0 Å². The van der Waals surface area contributed by atoms with E-state index in [4.69, 9.17) is 5.73 Å². The van der Waals surface area contributed by atoms with Crippen molar-refractivity contribution in [2.75, 3.05) is 6.54 Å². The smallest absolute Gasteiger partial charge is 0.112 e. The van der Waals surface area contributed by atoms with Gasteiger partial charge in [0, 0.05) is 23.4 Å². The van der Waals surface area contributed by atoms with Gasteiger partial charge in [0.15, 0.2) is 0 Å². The molecular formula is C14H20N4. The Morgan fingerprint density at radius 1 is 1.33 bits per heavy atom. The fraction of sp³-hybridized carbons (Fsp3) is 0.429. The van der Waals surface area contributed by atoms with Crippen LogP contribution in [0.5, 0.6) is 0 Å².